The fraction of sp³-hybridized carbons (Fsp3) is 0.385. The number of benzene rings is 1. The number of hydrogen-bond acceptors (Lipinski definition) is 3. The van der Waals surface area contributed by atoms with E-state index in [0.29, 0.717) is 5.56 Å². The lowest BCUT2D eigenvalue weighted by atomic mass is 10.1. The summed E-state index contributed by atoms with van der Waals surface area (Å²) in [6, 6.07) is 6.27. The van der Waals surface area contributed by atoms with Gasteiger partial charge in [-0.1, -0.05) is 12.1 Å². The van der Waals surface area contributed by atoms with Crippen molar-refractivity contribution in [3.63, 3.8) is 0 Å². The third-order valence-corrected chi connectivity index (χ3v) is 2.03. The van der Waals surface area contributed by atoms with Gasteiger partial charge in [0.05, 0.1) is 5.56 Å². The molecule has 0 saturated carbocycles. The first-order valence-electron chi connectivity index (χ1n) is 5.63. The molecule has 1 rings (SSSR count). The number of carbonyl (C=O) groups is 2. The fourth-order valence-corrected chi connectivity index (χ4v) is 1.33. The lowest BCUT2D eigenvalue weighted by Crippen LogP contribution is -2.28. The SMILES string of the molecule is CC(C)(C)OC(=O)c1cccc(CNC(N)=O)c1. The Morgan fingerprint density at radius 3 is 2.56 bits per heavy atom. The van der Waals surface area contributed by atoms with Gasteiger partial charge in [0.15, 0.2) is 0 Å². The number of primary amides is 1. The van der Waals surface area contributed by atoms with E-state index < -0.39 is 11.6 Å². The maximum atomic E-state index is 11.8. The van der Waals surface area contributed by atoms with Crippen molar-refractivity contribution in [2.45, 2.75) is 32.9 Å². The van der Waals surface area contributed by atoms with Crippen molar-refractivity contribution in [1.29, 1.82) is 0 Å². The largest absolute Gasteiger partial charge is 0.456 e. The Kier molecular flexibility index (Phi) is 4.31. The van der Waals surface area contributed by atoms with Gasteiger partial charge in [-0.25, -0.2) is 9.59 Å². The summed E-state index contributed by atoms with van der Waals surface area (Å²) in [5.74, 6) is -0.386. The molecule has 1 aromatic rings. The van der Waals surface area contributed by atoms with E-state index in [4.69, 9.17) is 10.5 Å². The maximum Gasteiger partial charge on any atom is 0.338 e. The molecule has 98 valence electrons. The van der Waals surface area contributed by atoms with Crippen LogP contribution in [0.3, 0.4) is 0 Å². The lowest BCUT2D eigenvalue weighted by molar-refractivity contribution is 0.00694. The van der Waals surface area contributed by atoms with Crippen LogP contribution in [0.4, 0.5) is 4.79 Å². The van der Waals surface area contributed by atoms with Gasteiger partial charge in [-0.2, -0.15) is 0 Å². The van der Waals surface area contributed by atoms with Crippen LogP contribution in [0.5, 0.6) is 0 Å². The van der Waals surface area contributed by atoms with Crippen molar-refractivity contribution in [3.05, 3.63) is 35.4 Å². The highest BCUT2D eigenvalue weighted by Gasteiger charge is 2.17. The number of nitrogens with one attached hydrogen (secondary N) is 1. The minimum absolute atomic E-state index is 0.284. The van der Waals surface area contributed by atoms with Crippen LogP contribution in [0, 0.1) is 0 Å². The van der Waals surface area contributed by atoms with Crippen molar-refractivity contribution in [2.75, 3.05) is 0 Å². The van der Waals surface area contributed by atoms with Crippen LogP contribution in [0.25, 0.3) is 0 Å². The summed E-state index contributed by atoms with van der Waals surface area (Å²) in [6.07, 6.45) is 0. The molecule has 0 heterocycles. The second-order valence-corrected chi connectivity index (χ2v) is 4.92. The van der Waals surface area contributed by atoms with Crippen molar-refractivity contribution in [3.8, 4) is 0 Å². The van der Waals surface area contributed by atoms with Gasteiger partial charge in [-0.05, 0) is 38.5 Å². The molecule has 5 nitrogen and oxygen atoms in total. The smallest absolute Gasteiger partial charge is 0.338 e. The molecule has 18 heavy (non-hydrogen) atoms. The Balaban J connectivity index is 2.75. The van der Waals surface area contributed by atoms with E-state index in [-0.39, 0.29) is 12.5 Å². The van der Waals surface area contributed by atoms with Crippen LogP contribution >= 0.6 is 0 Å². The molecular formula is C13H18N2O3. The number of carbonyl (C=O) groups excluding carboxylic acids is 2. The van der Waals surface area contributed by atoms with Crippen molar-refractivity contribution >= 4 is 12.0 Å². The number of nitrogens with two attached hydrogens (primary N) is 1. The van der Waals surface area contributed by atoms with Crippen molar-refractivity contribution in [2.24, 2.45) is 5.73 Å². The van der Waals surface area contributed by atoms with Gasteiger partial charge >= 0.3 is 12.0 Å². The van der Waals surface area contributed by atoms with Crippen molar-refractivity contribution < 1.29 is 14.3 Å². The zero-order valence-electron chi connectivity index (χ0n) is 10.8. The topological polar surface area (TPSA) is 81.4 Å². The van der Waals surface area contributed by atoms with Gasteiger partial charge in [0.25, 0.3) is 0 Å². The number of amides is 2. The monoisotopic (exact) mass is 250 g/mol. The second kappa shape index (κ2) is 5.53. The van der Waals surface area contributed by atoms with Crippen LogP contribution in [0.2, 0.25) is 0 Å². The molecule has 1 aromatic carbocycles. The minimum Gasteiger partial charge on any atom is -0.456 e. The number of esters is 1. The molecule has 0 aliphatic rings. The van der Waals surface area contributed by atoms with Gasteiger partial charge in [-0.15, -0.1) is 0 Å². The molecular weight excluding hydrogens is 232 g/mol. The molecule has 0 radical (unpaired) electrons. The lowest BCUT2D eigenvalue weighted by Gasteiger charge is -2.19. The van der Waals surface area contributed by atoms with Crippen molar-refractivity contribution in [1.82, 2.24) is 5.32 Å². The molecule has 0 aliphatic heterocycles. The minimum atomic E-state index is -0.599. The van der Waals surface area contributed by atoms with Gasteiger partial charge in [0.1, 0.15) is 5.60 Å². The molecule has 5 heteroatoms. The van der Waals surface area contributed by atoms with Gasteiger partial charge in [0.2, 0.25) is 0 Å². The zero-order chi connectivity index (χ0) is 13.8. The van der Waals surface area contributed by atoms with Crippen LogP contribution in [0.1, 0.15) is 36.7 Å². The Morgan fingerprint density at radius 1 is 1.33 bits per heavy atom. The number of rotatable bonds is 3. The zero-order valence-corrected chi connectivity index (χ0v) is 10.8. The van der Waals surface area contributed by atoms with Crippen LogP contribution in [0.15, 0.2) is 24.3 Å². The first-order valence-corrected chi connectivity index (χ1v) is 5.63. The average Bonchev–Trinajstić information content (AvgIpc) is 2.24. The Hall–Kier alpha value is -2.04. The molecule has 0 aromatic heterocycles. The van der Waals surface area contributed by atoms with Gasteiger partial charge in [0, 0.05) is 6.54 Å². The number of ether oxygens (including phenoxy) is 1. The van der Waals surface area contributed by atoms with E-state index in [1.807, 2.05) is 20.8 Å². The van der Waals surface area contributed by atoms with E-state index in [1.54, 1.807) is 24.3 Å². The normalized spacial score (nSPS) is 10.8. The quantitative estimate of drug-likeness (QED) is 0.803. The molecule has 0 spiro atoms. The Morgan fingerprint density at radius 2 is 2.00 bits per heavy atom. The summed E-state index contributed by atoms with van der Waals surface area (Å²) < 4.78 is 5.25. The predicted molar refractivity (Wildman–Crippen MR) is 68.0 cm³/mol. The van der Waals surface area contributed by atoms with Crippen LogP contribution in [-0.2, 0) is 11.3 Å². The summed E-state index contributed by atoms with van der Waals surface area (Å²) in [5.41, 5.74) is 5.69. The molecule has 2 amide bonds. The van der Waals surface area contributed by atoms with E-state index in [9.17, 15) is 9.59 Å². The second-order valence-electron chi connectivity index (χ2n) is 4.92. The first-order chi connectivity index (χ1) is 8.28. The number of hydrogen-bond donors (Lipinski definition) is 2. The summed E-state index contributed by atoms with van der Waals surface area (Å²) in [4.78, 5) is 22.4. The summed E-state index contributed by atoms with van der Waals surface area (Å²) >= 11 is 0. The molecule has 0 aliphatic carbocycles. The predicted octanol–water partition coefficient (Wildman–Crippen LogP) is 1.81. The molecule has 0 fully saturated rings. The maximum absolute atomic E-state index is 11.8. The van der Waals surface area contributed by atoms with E-state index in [2.05, 4.69) is 5.32 Å². The van der Waals surface area contributed by atoms with Crippen LogP contribution in [-0.4, -0.2) is 17.6 Å². The Labute approximate surface area is 106 Å². The molecule has 0 saturated heterocycles. The highest BCUT2D eigenvalue weighted by molar-refractivity contribution is 5.89. The molecule has 0 atom stereocenters. The van der Waals surface area contributed by atoms with E-state index in [0.717, 1.165) is 5.56 Å². The van der Waals surface area contributed by atoms with E-state index in [1.165, 1.54) is 0 Å². The summed E-state index contributed by atoms with van der Waals surface area (Å²) in [7, 11) is 0. The van der Waals surface area contributed by atoms with Crippen LogP contribution < -0.4 is 11.1 Å². The van der Waals surface area contributed by atoms with E-state index >= 15 is 0 Å². The number of urea groups is 1. The average molecular weight is 250 g/mol. The summed E-state index contributed by atoms with van der Waals surface area (Å²) in [5, 5.41) is 2.46. The highest BCUT2D eigenvalue weighted by Crippen LogP contribution is 2.13. The first kappa shape index (κ1) is 14.0. The third-order valence-electron chi connectivity index (χ3n) is 2.03. The molecule has 3 N–H and O–H groups in total. The standard InChI is InChI=1S/C13H18N2O3/c1-13(2,3)18-11(16)10-6-4-5-9(7-10)8-15-12(14)17/h4-7H,8H2,1-3H3,(H3,14,15,17). The Bertz CT molecular complexity index is 450. The fourth-order valence-electron chi connectivity index (χ4n) is 1.33. The highest BCUT2D eigenvalue weighted by atomic mass is 16.6. The van der Waals surface area contributed by atoms with Gasteiger partial charge < -0.3 is 15.8 Å². The van der Waals surface area contributed by atoms with Gasteiger partial charge in [-0.3, -0.25) is 0 Å². The summed E-state index contributed by atoms with van der Waals surface area (Å²) in [6.45, 7) is 5.71. The molecule has 0 bridgehead atoms. The molecule has 0 unspecified atom stereocenters. The third kappa shape index (κ3) is 4.86.